The zero-order valence-corrected chi connectivity index (χ0v) is 24.2. The molecule has 1 rings (SSSR count). The van der Waals surface area contributed by atoms with Gasteiger partial charge in [-0.15, -0.1) is 0 Å². The third-order valence-corrected chi connectivity index (χ3v) is 7.98. The Labute approximate surface area is 223 Å². The molecule has 1 aromatic rings. The molecule has 0 saturated heterocycles. The van der Waals surface area contributed by atoms with Gasteiger partial charge in [-0.2, -0.15) is 47.0 Å². The highest BCUT2D eigenvalue weighted by Gasteiger charge is 2.23. The van der Waals surface area contributed by atoms with Crippen LogP contribution < -0.4 is 9.47 Å². The first-order chi connectivity index (χ1) is 16.3. The normalized spacial score (nSPS) is 15.0. The summed E-state index contributed by atoms with van der Waals surface area (Å²) in [4.78, 5) is 0. The molecule has 1 aromatic carbocycles. The van der Waals surface area contributed by atoms with Gasteiger partial charge >= 0.3 is 0 Å². The lowest BCUT2D eigenvalue weighted by Gasteiger charge is -2.24. The second-order valence-electron chi connectivity index (χ2n) is 8.36. The third-order valence-electron chi connectivity index (χ3n) is 4.34. The molecule has 0 saturated carbocycles. The zero-order valence-electron chi connectivity index (χ0n) is 21.0. The first kappa shape index (κ1) is 32.1. The minimum atomic E-state index is -1.09. The van der Waals surface area contributed by atoms with E-state index in [4.69, 9.17) is 18.9 Å². The average Bonchev–Trinajstić information content (AvgIpc) is 2.81. The molecule has 0 spiro atoms. The molecule has 0 amide bonds. The van der Waals surface area contributed by atoms with Gasteiger partial charge in [-0.1, -0.05) is 6.07 Å². The van der Waals surface area contributed by atoms with Gasteiger partial charge in [0.1, 0.15) is 35.9 Å². The van der Waals surface area contributed by atoms with E-state index in [0.29, 0.717) is 24.7 Å². The number of ether oxygens (including phenoxy) is 4. The van der Waals surface area contributed by atoms with Gasteiger partial charge in [0, 0.05) is 40.6 Å². The summed E-state index contributed by atoms with van der Waals surface area (Å²) in [5, 5.41) is 21.0. The van der Waals surface area contributed by atoms with Crippen molar-refractivity contribution in [3.63, 3.8) is 0 Å². The number of benzene rings is 1. The van der Waals surface area contributed by atoms with E-state index in [-0.39, 0.29) is 26.4 Å². The molecule has 0 heterocycles. The van der Waals surface area contributed by atoms with E-state index in [0.717, 1.165) is 34.5 Å². The van der Waals surface area contributed by atoms with E-state index >= 15 is 0 Å². The number of aliphatic hydroxyl groups is 2. The van der Waals surface area contributed by atoms with Crippen LogP contribution in [-0.4, -0.2) is 108 Å². The molecule has 0 fully saturated rings. The van der Waals surface area contributed by atoms with Crippen LogP contribution in [0.4, 0.5) is 0 Å². The fourth-order valence-electron chi connectivity index (χ4n) is 2.52. The van der Waals surface area contributed by atoms with Crippen LogP contribution in [0.15, 0.2) is 24.3 Å². The van der Waals surface area contributed by atoms with E-state index in [9.17, 15) is 10.2 Å². The molecule has 0 aromatic heterocycles. The van der Waals surface area contributed by atoms with Crippen LogP contribution in [0.25, 0.3) is 0 Å². The largest absolute Gasteiger partial charge is 0.490 e. The van der Waals surface area contributed by atoms with Gasteiger partial charge in [0.05, 0.1) is 26.4 Å². The minimum Gasteiger partial charge on any atom is -0.490 e. The summed E-state index contributed by atoms with van der Waals surface area (Å²) in [5.41, 5.74) is -2.18. The summed E-state index contributed by atoms with van der Waals surface area (Å²) in [6.07, 6.45) is 4.21. The molecule has 34 heavy (non-hydrogen) atoms. The first-order valence-electron chi connectivity index (χ1n) is 11.4. The van der Waals surface area contributed by atoms with Crippen molar-refractivity contribution in [2.45, 2.75) is 25.0 Å². The summed E-state index contributed by atoms with van der Waals surface area (Å²) >= 11 is 7.39. The van der Waals surface area contributed by atoms with Gasteiger partial charge in [-0.05, 0) is 38.5 Å². The zero-order chi connectivity index (χ0) is 25.1. The molecule has 0 radical (unpaired) electrons. The Morgan fingerprint density at radius 2 is 1.12 bits per heavy atom. The van der Waals surface area contributed by atoms with Crippen LogP contribution >= 0.6 is 47.0 Å². The van der Waals surface area contributed by atoms with Crippen molar-refractivity contribution in [2.24, 2.45) is 0 Å². The first-order valence-corrected chi connectivity index (χ1v) is 16.5. The number of hydrogen-bond donors (Lipinski definition) is 2. The summed E-state index contributed by atoms with van der Waals surface area (Å²) < 4.78 is 22.7. The summed E-state index contributed by atoms with van der Waals surface area (Å²) in [7, 11) is 0. The highest BCUT2D eigenvalue weighted by Crippen LogP contribution is 2.22. The second kappa shape index (κ2) is 19.2. The topological polar surface area (TPSA) is 77.4 Å². The maximum absolute atomic E-state index is 10.5. The molecule has 0 aliphatic carbocycles. The van der Waals surface area contributed by atoms with Gasteiger partial charge in [-0.3, -0.25) is 0 Å². The molecule has 198 valence electrons. The molecule has 0 aliphatic heterocycles. The Balaban J connectivity index is 2.29. The van der Waals surface area contributed by atoms with Crippen LogP contribution in [0, 0.1) is 0 Å². The van der Waals surface area contributed by atoms with Crippen LogP contribution in [-0.2, 0) is 9.47 Å². The number of rotatable bonds is 22. The fraction of sp³-hybridized carbons (Fsp3) is 0.750. The summed E-state index contributed by atoms with van der Waals surface area (Å²) in [6.45, 7) is 5.26. The maximum atomic E-state index is 10.5. The van der Waals surface area contributed by atoms with E-state index in [1.807, 2.05) is 65.2 Å². The van der Waals surface area contributed by atoms with Gasteiger partial charge in [0.2, 0.25) is 0 Å². The average molecular weight is 555 g/mol. The molecule has 2 atom stereocenters. The highest BCUT2D eigenvalue weighted by molar-refractivity contribution is 8.03. The summed E-state index contributed by atoms with van der Waals surface area (Å²) in [6, 6.07) is 7.18. The van der Waals surface area contributed by atoms with Crippen LogP contribution in [0.1, 0.15) is 13.8 Å². The Kier molecular flexibility index (Phi) is 18.1. The van der Waals surface area contributed by atoms with Crippen molar-refractivity contribution >= 4 is 47.0 Å². The van der Waals surface area contributed by atoms with E-state index in [1.54, 1.807) is 19.9 Å². The highest BCUT2D eigenvalue weighted by atomic mass is 32.2. The number of hydrogen-bond acceptors (Lipinski definition) is 10. The van der Waals surface area contributed by atoms with Crippen LogP contribution in [0.5, 0.6) is 11.5 Å². The predicted octanol–water partition coefficient (Wildman–Crippen LogP) is 4.17. The monoisotopic (exact) mass is 554 g/mol. The predicted molar refractivity (Wildman–Crippen MR) is 152 cm³/mol. The van der Waals surface area contributed by atoms with Gasteiger partial charge in [0.15, 0.2) is 0 Å². The lowest BCUT2D eigenvalue weighted by Crippen LogP contribution is -2.38. The van der Waals surface area contributed by atoms with Crippen molar-refractivity contribution < 1.29 is 29.2 Å². The Hall–Kier alpha value is 0.0600. The molecule has 0 bridgehead atoms. The van der Waals surface area contributed by atoms with Crippen LogP contribution in [0.3, 0.4) is 0 Å². The molecular formula is C24H42O6S4. The quantitative estimate of drug-likeness (QED) is 0.204. The Morgan fingerprint density at radius 1 is 0.676 bits per heavy atom. The molecular weight excluding hydrogens is 513 g/mol. The van der Waals surface area contributed by atoms with E-state index in [2.05, 4.69) is 12.5 Å². The molecule has 0 aliphatic rings. The molecule has 6 nitrogen and oxygen atoms in total. The second-order valence-corrected chi connectivity index (χ2v) is 12.8. The van der Waals surface area contributed by atoms with Crippen molar-refractivity contribution in [2.75, 3.05) is 86.7 Å². The molecule has 2 N–H and O–H groups in total. The fourth-order valence-corrected chi connectivity index (χ4v) is 5.68. The van der Waals surface area contributed by atoms with E-state index < -0.39 is 11.2 Å². The lowest BCUT2D eigenvalue weighted by molar-refractivity contribution is -0.0571. The van der Waals surface area contributed by atoms with Crippen molar-refractivity contribution in [1.82, 2.24) is 0 Å². The van der Waals surface area contributed by atoms with Gasteiger partial charge < -0.3 is 29.2 Å². The van der Waals surface area contributed by atoms with Gasteiger partial charge in [0.25, 0.3) is 0 Å². The maximum Gasteiger partial charge on any atom is 0.123 e. The van der Waals surface area contributed by atoms with Gasteiger partial charge in [-0.25, -0.2) is 0 Å². The standard InChI is InChI=1S/C24H42O6S4/c1-23(25,17-27-8-10-33-14-12-31-3)19-29-21-6-5-7-22(16-21)30-20-24(2,26)18-28-9-11-34-15-13-32-4/h5-7,16,25-26H,8-15,17-20H2,1-4H3. The van der Waals surface area contributed by atoms with Crippen molar-refractivity contribution in [3.8, 4) is 11.5 Å². The minimum absolute atomic E-state index is 0.108. The van der Waals surface area contributed by atoms with Crippen molar-refractivity contribution in [3.05, 3.63) is 24.3 Å². The number of thioether (sulfide) groups is 4. The lowest BCUT2D eigenvalue weighted by atomic mass is 10.1. The summed E-state index contributed by atoms with van der Waals surface area (Å²) in [5.74, 6) is 7.52. The smallest absolute Gasteiger partial charge is 0.123 e. The molecule has 2 unspecified atom stereocenters. The SMILES string of the molecule is CSCCSCCOCC(C)(O)COc1cccc(OCC(C)(O)COCCSCCSC)c1. The van der Waals surface area contributed by atoms with Crippen LogP contribution in [0.2, 0.25) is 0 Å². The van der Waals surface area contributed by atoms with E-state index in [1.165, 1.54) is 0 Å². The Morgan fingerprint density at radius 3 is 1.53 bits per heavy atom. The molecule has 10 heteroatoms. The Bertz CT molecular complexity index is 584. The third kappa shape index (κ3) is 17.5. The van der Waals surface area contributed by atoms with Crippen molar-refractivity contribution in [1.29, 1.82) is 0 Å².